The fourth-order valence-corrected chi connectivity index (χ4v) is 3.57. The van der Waals surface area contributed by atoms with Gasteiger partial charge in [0.25, 0.3) is 21.0 Å². The van der Waals surface area contributed by atoms with E-state index in [1.807, 2.05) is 0 Å². The first kappa shape index (κ1) is 17.8. The molecule has 0 bridgehead atoms. The molecule has 0 radical (unpaired) electrons. The highest BCUT2D eigenvalue weighted by Gasteiger charge is 2.24. The molecule has 1 N–H and O–H groups in total. The van der Waals surface area contributed by atoms with Crippen LogP contribution in [0.1, 0.15) is 32.9 Å². The molecule has 10 heteroatoms. The number of carbonyl (C=O) groups excluding carboxylic acids is 1. The van der Waals surface area contributed by atoms with Crippen LogP contribution in [-0.2, 0) is 10.0 Å². The number of anilines is 1. The number of carbonyl (C=O) groups is 1. The minimum absolute atomic E-state index is 0.0651. The van der Waals surface area contributed by atoms with E-state index in [0.717, 1.165) is 5.56 Å². The highest BCUT2D eigenvalue weighted by Crippen LogP contribution is 2.26. The number of fused-ring (bicyclic) bond motifs is 1. The first-order valence-corrected chi connectivity index (χ1v) is 9.14. The number of carboxylic acids is 1. The molecule has 136 valence electrons. The summed E-state index contributed by atoms with van der Waals surface area (Å²) in [5.41, 5.74) is 2.22. The van der Waals surface area contributed by atoms with Crippen molar-refractivity contribution in [3.8, 4) is 0 Å². The van der Waals surface area contributed by atoms with Gasteiger partial charge >= 0.3 is 0 Å². The molecule has 0 unspecified atom stereocenters. The third-order valence-electron chi connectivity index (χ3n) is 4.03. The van der Waals surface area contributed by atoms with Crippen LogP contribution < -0.4 is 9.83 Å². The number of hydrogen-bond donors (Lipinski definition) is 1. The molecule has 0 fully saturated rings. The molecule has 9 nitrogen and oxygen atoms in total. The van der Waals surface area contributed by atoms with Gasteiger partial charge < -0.3 is 9.90 Å². The van der Waals surface area contributed by atoms with Crippen LogP contribution in [0.4, 0.5) is 5.69 Å². The lowest BCUT2D eigenvalue weighted by Gasteiger charge is -2.16. The average molecular weight is 374 g/mol. The van der Waals surface area contributed by atoms with Gasteiger partial charge in [-0.1, -0.05) is 12.1 Å². The van der Waals surface area contributed by atoms with E-state index >= 15 is 0 Å². The largest absolute Gasteiger partial charge is 0.545 e. The summed E-state index contributed by atoms with van der Waals surface area (Å²) in [7, 11) is -4.22. The molecule has 3 rings (SSSR count). The smallest absolute Gasteiger partial charge is 0.299 e. The molecular formula is C16H16N5O4S-. The molecule has 0 aliphatic carbocycles. The van der Waals surface area contributed by atoms with Crippen molar-refractivity contribution in [3.63, 3.8) is 0 Å². The monoisotopic (exact) mass is 374 g/mol. The molecule has 26 heavy (non-hydrogen) atoms. The zero-order valence-electron chi connectivity index (χ0n) is 14.6. The van der Waals surface area contributed by atoms with Gasteiger partial charge in [0.1, 0.15) is 0 Å². The topological polar surface area (TPSA) is 129 Å². The summed E-state index contributed by atoms with van der Waals surface area (Å²) in [6, 6.07) is 4.61. The Morgan fingerprint density at radius 1 is 1.15 bits per heavy atom. The molecule has 0 aliphatic heterocycles. The van der Waals surface area contributed by atoms with Crippen molar-refractivity contribution in [1.29, 1.82) is 0 Å². The van der Waals surface area contributed by atoms with Crippen LogP contribution in [0.2, 0.25) is 0 Å². The lowest BCUT2D eigenvalue weighted by Crippen LogP contribution is -2.26. The molecule has 0 amide bonds. The van der Waals surface area contributed by atoms with Crippen LogP contribution in [0.15, 0.2) is 23.4 Å². The Labute approximate surface area is 149 Å². The van der Waals surface area contributed by atoms with E-state index < -0.39 is 21.1 Å². The summed E-state index contributed by atoms with van der Waals surface area (Å²) in [5.74, 6) is -1.34. The van der Waals surface area contributed by atoms with E-state index in [9.17, 15) is 18.3 Å². The number of nitrogens with one attached hydrogen (secondary N) is 1. The molecule has 3 aromatic rings. The Morgan fingerprint density at radius 3 is 2.50 bits per heavy atom. The molecule has 0 spiro atoms. The van der Waals surface area contributed by atoms with Crippen molar-refractivity contribution >= 4 is 27.5 Å². The summed E-state index contributed by atoms with van der Waals surface area (Å²) in [6.45, 7) is 6.87. The number of rotatable bonds is 4. The van der Waals surface area contributed by atoms with Crippen LogP contribution in [0.25, 0.3) is 5.78 Å². The second-order valence-corrected chi connectivity index (χ2v) is 7.54. The minimum atomic E-state index is -4.22. The van der Waals surface area contributed by atoms with E-state index in [-0.39, 0.29) is 17.0 Å². The summed E-state index contributed by atoms with van der Waals surface area (Å²) in [4.78, 5) is 19.4. The van der Waals surface area contributed by atoms with E-state index in [2.05, 4.69) is 19.8 Å². The third kappa shape index (κ3) is 2.99. The predicted octanol–water partition coefficient (Wildman–Crippen LogP) is 0.522. The van der Waals surface area contributed by atoms with Crippen molar-refractivity contribution in [2.24, 2.45) is 0 Å². The molecule has 0 saturated heterocycles. The van der Waals surface area contributed by atoms with Crippen LogP contribution >= 0.6 is 0 Å². The van der Waals surface area contributed by atoms with Crippen LogP contribution in [0, 0.1) is 27.7 Å². The normalized spacial score (nSPS) is 11.7. The molecule has 0 atom stereocenters. The third-order valence-corrected chi connectivity index (χ3v) is 5.16. The molecular weight excluding hydrogens is 358 g/mol. The van der Waals surface area contributed by atoms with Gasteiger partial charge in [0.05, 0.1) is 11.7 Å². The first-order chi connectivity index (χ1) is 12.1. The lowest BCUT2D eigenvalue weighted by molar-refractivity contribution is -0.254. The Morgan fingerprint density at radius 2 is 1.85 bits per heavy atom. The van der Waals surface area contributed by atoms with Gasteiger partial charge in [0.2, 0.25) is 0 Å². The number of hydrogen-bond acceptors (Lipinski definition) is 7. The maximum absolute atomic E-state index is 12.7. The van der Waals surface area contributed by atoms with E-state index in [4.69, 9.17) is 0 Å². The molecule has 0 saturated carbocycles. The van der Waals surface area contributed by atoms with Crippen molar-refractivity contribution in [2.45, 2.75) is 32.9 Å². The van der Waals surface area contributed by atoms with E-state index in [0.29, 0.717) is 17.0 Å². The molecule has 2 aromatic heterocycles. The Hall–Kier alpha value is -3.01. The Bertz CT molecular complexity index is 1150. The van der Waals surface area contributed by atoms with Gasteiger partial charge in [-0.2, -0.15) is 13.4 Å². The van der Waals surface area contributed by atoms with Crippen molar-refractivity contribution in [1.82, 2.24) is 19.6 Å². The van der Waals surface area contributed by atoms with Gasteiger partial charge in [0.15, 0.2) is 0 Å². The number of aromatic nitrogens is 4. The minimum Gasteiger partial charge on any atom is -0.545 e. The van der Waals surface area contributed by atoms with Gasteiger partial charge in [-0.3, -0.25) is 4.72 Å². The number of aromatic carboxylic acids is 1. The number of nitrogens with zero attached hydrogens (tertiary/aromatic N) is 4. The zero-order chi connectivity index (χ0) is 19.2. The highest BCUT2D eigenvalue weighted by atomic mass is 32.2. The maximum atomic E-state index is 12.7. The number of sulfonamides is 1. The van der Waals surface area contributed by atoms with Crippen molar-refractivity contribution < 1.29 is 18.3 Å². The summed E-state index contributed by atoms with van der Waals surface area (Å²) < 4.78 is 29.0. The SMILES string of the molecule is Cc1cc(C)n2nc(S(=O)(=O)Nc3c(C(=O)[O-])ccc(C)c3C)nc2n1. The van der Waals surface area contributed by atoms with Crippen LogP contribution in [0.3, 0.4) is 0 Å². The maximum Gasteiger partial charge on any atom is 0.299 e. The van der Waals surface area contributed by atoms with Crippen molar-refractivity contribution in [2.75, 3.05) is 4.72 Å². The van der Waals surface area contributed by atoms with Gasteiger partial charge in [0, 0.05) is 17.0 Å². The highest BCUT2D eigenvalue weighted by molar-refractivity contribution is 7.92. The van der Waals surface area contributed by atoms with Gasteiger partial charge in [-0.15, -0.1) is 5.10 Å². The first-order valence-electron chi connectivity index (χ1n) is 7.65. The molecule has 0 aliphatic rings. The second kappa shape index (κ2) is 6.06. The van der Waals surface area contributed by atoms with E-state index in [1.165, 1.54) is 10.6 Å². The van der Waals surface area contributed by atoms with Gasteiger partial charge in [-0.05, 0) is 44.9 Å². The second-order valence-electron chi connectivity index (χ2n) is 5.97. The average Bonchev–Trinajstić information content (AvgIpc) is 2.96. The fourth-order valence-electron chi connectivity index (χ4n) is 2.56. The van der Waals surface area contributed by atoms with Gasteiger partial charge in [-0.25, -0.2) is 9.50 Å². The number of aryl methyl sites for hydroxylation is 3. The summed E-state index contributed by atoms with van der Waals surface area (Å²) in [6.07, 6.45) is 0. The Balaban J connectivity index is 2.12. The lowest BCUT2D eigenvalue weighted by atomic mass is 10.0. The van der Waals surface area contributed by atoms with E-state index in [1.54, 1.807) is 39.8 Å². The van der Waals surface area contributed by atoms with Crippen LogP contribution in [0.5, 0.6) is 0 Å². The number of carboxylic acid groups (broad SMARTS) is 1. The number of benzene rings is 1. The quantitative estimate of drug-likeness (QED) is 0.705. The summed E-state index contributed by atoms with van der Waals surface area (Å²) >= 11 is 0. The fraction of sp³-hybridized carbons (Fsp3) is 0.250. The van der Waals surface area contributed by atoms with Crippen molar-refractivity contribution in [3.05, 3.63) is 46.3 Å². The summed E-state index contributed by atoms with van der Waals surface area (Å²) in [5, 5.41) is 14.8. The zero-order valence-corrected chi connectivity index (χ0v) is 15.4. The standard InChI is InChI=1S/C16H17N5O4S/c1-8-5-6-12(14(22)23)13(11(8)4)20-26(24,25)16-18-15-17-9(2)7-10(3)21(15)19-16/h5-7,20H,1-4H3,(H,22,23)/p-1. The van der Waals surface area contributed by atoms with Crippen LogP contribution in [-0.4, -0.2) is 34.0 Å². The predicted molar refractivity (Wildman–Crippen MR) is 91.3 cm³/mol. The Kier molecular flexibility index (Phi) is 4.15. The molecule has 2 heterocycles. The molecule has 1 aromatic carbocycles.